The number of aromatic amines is 1. The van der Waals surface area contributed by atoms with Crippen LogP contribution in [0.4, 0.5) is 4.39 Å². The lowest BCUT2D eigenvalue weighted by atomic mass is 10.0. The van der Waals surface area contributed by atoms with E-state index in [9.17, 15) is 18.8 Å². The number of nitrogens with zero attached hydrogens (tertiary/aromatic N) is 2. The van der Waals surface area contributed by atoms with E-state index in [-0.39, 0.29) is 30.7 Å². The Kier molecular flexibility index (Phi) is 4.81. The van der Waals surface area contributed by atoms with Gasteiger partial charge in [-0.1, -0.05) is 24.3 Å². The number of H-pyrrole nitrogens is 1. The van der Waals surface area contributed by atoms with E-state index in [4.69, 9.17) is 0 Å². The molecule has 1 aromatic heterocycles. The van der Waals surface area contributed by atoms with Gasteiger partial charge in [-0.2, -0.15) is 0 Å². The molecule has 1 aliphatic heterocycles. The van der Waals surface area contributed by atoms with Crippen molar-refractivity contribution in [1.29, 1.82) is 0 Å². The summed E-state index contributed by atoms with van der Waals surface area (Å²) in [4.78, 5) is 41.2. The smallest absolute Gasteiger partial charge is 0.328 e. The van der Waals surface area contributed by atoms with Crippen LogP contribution in [0.25, 0.3) is 10.9 Å². The van der Waals surface area contributed by atoms with Crippen molar-refractivity contribution in [3.63, 3.8) is 0 Å². The molecule has 7 heteroatoms. The minimum Gasteiger partial charge on any atom is -0.336 e. The fourth-order valence-electron chi connectivity index (χ4n) is 3.91. The molecule has 3 aromatic rings. The molecule has 144 valence electrons. The van der Waals surface area contributed by atoms with E-state index in [0.717, 1.165) is 18.4 Å². The molecule has 1 fully saturated rings. The summed E-state index contributed by atoms with van der Waals surface area (Å²) < 4.78 is 14.6. The second-order valence-electron chi connectivity index (χ2n) is 6.97. The molecule has 0 bridgehead atoms. The number of hydrogen-bond donors (Lipinski definition) is 1. The van der Waals surface area contributed by atoms with Crippen LogP contribution in [0, 0.1) is 5.82 Å². The highest BCUT2D eigenvalue weighted by atomic mass is 19.1. The van der Waals surface area contributed by atoms with Crippen LogP contribution >= 0.6 is 0 Å². The van der Waals surface area contributed by atoms with Gasteiger partial charge in [0, 0.05) is 19.5 Å². The Bertz CT molecular complexity index is 1130. The minimum absolute atomic E-state index is 0.0611. The summed E-state index contributed by atoms with van der Waals surface area (Å²) in [5, 5.41) is 0.417. The van der Waals surface area contributed by atoms with Gasteiger partial charge in [0.1, 0.15) is 5.82 Å². The molecule has 1 amide bonds. The summed E-state index contributed by atoms with van der Waals surface area (Å²) in [6.45, 7) is 0.823. The van der Waals surface area contributed by atoms with E-state index in [2.05, 4.69) is 4.98 Å². The summed E-state index contributed by atoms with van der Waals surface area (Å²) in [5.74, 6) is -0.363. The van der Waals surface area contributed by atoms with Gasteiger partial charge in [0.15, 0.2) is 0 Å². The topological polar surface area (TPSA) is 75.2 Å². The fraction of sp³-hybridized carbons (Fsp3) is 0.286. The fourth-order valence-corrected chi connectivity index (χ4v) is 3.91. The Hall–Kier alpha value is -3.22. The summed E-state index contributed by atoms with van der Waals surface area (Å²) in [7, 11) is 0. The van der Waals surface area contributed by atoms with Crippen LogP contribution in [0.3, 0.4) is 0 Å². The molecule has 1 atom stereocenters. The van der Waals surface area contributed by atoms with Gasteiger partial charge in [0.25, 0.3) is 5.56 Å². The Morgan fingerprint density at radius 3 is 2.64 bits per heavy atom. The molecule has 28 heavy (non-hydrogen) atoms. The number of rotatable bonds is 4. The molecule has 0 spiro atoms. The largest absolute Gasteiger partial charge is 0.336 e. The van der Waals surface area contributed by atoms with Crippen LogP contribution in [0.5, 0.6) is 0 Å². The van der Waals surface area contributed by atoms with Gasteiger partial charge in [0.05, 0.1) is 16.9 Å². The van der Waals surface area contributed by atoms with Crippen LogP contribution in [0.1, 0.15) is 30.9 Å². The number of amides is 1. The third kappa shape index (κ3) is 3.35. The van der Waals surface area contributed by atoms with Crippen molar-refractivity contribution in [1.82, 2.24) is 14.5 Å². The number of hydrogen-bond acceptors (Lipinski definition) is 3. The maximum absolute atomic E-state index is 13.2. The first-order valence-electron chi connectivity index (χ1n) is 9.31. The van der Waals surface area contributed by atoms with Crippen LogP contribution < -0.4 is 11.2 Å². The van der Waals surface area contributed by atoms with E-state index in [1.54, 1.807) is 41.3 Å². The van der Waals surface area contributed by atoms with E-state index >= 15 is 0 Å². The summed E-state index contributed by atoms with van der Waals surface area (Å²) in [6, 6.07) is 13.0. The molecule has 1 unspecified atom stereocenters. The van der Waals surface area contributed by atoms with Gasteiger partial charge in [-0.25, -0.2) is 9.18 Å². The number of nitrogens with one attached hydrogen (secondary N) is 1. The molecule has 0 aliphatic carbocycles. The number of aromatic nitrogens is 2. The lowest BCUT2D eigenvalue weighted by Gasteiger charge is -2.25. The Balaban J connectivity index is 1.55. The highest BCUT2D eigenvalue weighted by Gasteiger charge is 2.29. The number of benzene rings is 2. The van der Waals surface area contributed by atoms with E-state index in [0.29, 0.717) is 17.4 Å². The summed E-state index contributed by atoms with van der Waals surface area (Å²) in [6.07, 6.45) is 1.86. The van der Waals surface area contributed by atoms with Crippen LogP contribution in [-0.4, -0.2) is 26.9 Å². The zero-order chi connectivity index (χ0) is 19.7. The molecular weight excluding hydrogens is 361 g/mol. The van der Waals surface area contributed by atoms with Gasteiger partial charge >= 0.3 is 5.69 Å². The SMILES string of the molecule is O=C(CCn1c(=O)[nH]c(=O)c2ccccc21)N1CCCC1c1ccc(F)cc1. The molecule has 6 nitrogen and oxygen atoms in total. The molecule has 2 aromatic carbocycles. The van der Waals surface area contributed by atoms with Crippen LogP contribution in [-0.2, 0) is 11.3 Å². The summed E-state index contributed by atoms with van der Waals surface area (Å²) >= 11 is 0. The van der Waals surface area contributed by atoms with Crippen molar-refractivity contribution >= 4 is 16.8 Å². The lowest BCUT2D eigenvalue weighted by Crippen LogP contribution is -2.34. The van der Waals surface area contributed by atoms with Crippen molar-refractivity contribution in [2.24, 2.45) is 0 Å². The number of aryl methyl sites for hydroxylation is 1. The highest BCUT2D eigenvalue weighted by Crippen LogP contribution is 2.32. The van der Waals surface area contributed by atoms with Gasteiger partial charge in [0.2, 0.25) is 5.91 Å². The zero-order valence-corrected chi connectivity index (χ0v) is 15.2. The quantitative estimate of drug-likeness (QED) is 0.755. The highest BCUT2D eigenvalue weighted by molar-refractivity contribution is 5.79. The first-order valence-corrected chi connectivity index (χ1v) is 9.31. The lowest BCUT2D eigenvalue weighted by molar-refractivity contribution is -0.132. The van der Waals surface area contributed by atoms with Gasteiger partial charge < -0.3 is 4.90 Å². The summed E-state index contributed by atoms with van der Waals surface area (Å²) in [5.41, 5.74) is 0.478. The van der Waals surface area contributed by atoms with Gasteiger partial charge in [-0.3, -0.25) is 19.1 Å². The first kappa shape index (κ1) is 18.2. The molecule has 1 saturated heterocycles. The van der Waals surface area contributed by atoms with Crippen molar-refractivity contribution in [2.75, 3.05) is 6.54 Å². The van der Waals surface area contributed by atoms with E-state index in [1.165, 1.54) is 16.7 Å². The van der Waals surface area contributed by atoms with Crippen LogP contribution in [0.2, 0.25) is 0 Å². The predicted molar refractivity (Wildman–Crippen MR) is 104 cm³/mol. The second kappa shape index (κ2) is 7.42. The van der Waals surface area contributed by atoms with Crippen molar-refractivity contribution in [3.05, 3.63) is 80.7 Å². The molecule has 4 rings (SSSR count). The normalized spacial score (nSPS) is 16.6. The number of carbonyl (C=O) groups excluding carboxylic acids is 1. The van der Waals surface area contributed by atoms with Gasteiger partial charge in [-0.05, 0) is 42.7 Å². The molecule has 0 saturated carbocycles. The number of halogens is 1. The number of carbonyl (C=O) groups is 1. The van der Waals surface area contributed by atoms with Crippen molar-refractivity contribution < 1.29 is 9.18 Å². The average molecular weight is 381 g/mol. The van der Waals surface area contributed by atoms with Crippen molar-refractivity contribution in [3.8, 4) is 0 Å². The molecule has 1 aliphatic rings. The van der Waals surface area contributed by atoms with Gasteiger partial charge in [-0.15, -0.1) is 0 Å². The molecule has 0 radical (unpaired) electrons. The molecule has 2 heterocycles. The predicted octanol–water partition coefficient (Wildman–Crippen LogP) is 2.58. The third-order valence-electron chi connectivity index (χ3n) is 5.28. The maximum Gasteiger partial charge on any atom is 0.328 e. The number of para-hydroxylation sites is 1. The zero-order valence-electron chi connectivity index (χ0n) is 15.2. The van der Waals surface area contributed by atoms with Crippen LogP contribution in [0.15, 0.2) is 58.1 Å². The Labute approximate surface area is 160 Å². The van der Waals surface area contributed by atoms with Crippen molar-refractivity contribution in [2.45, 2.75) is 31.8 Å². The Morgan fingerprint density at radius 1 is 1.11 bits per heavy atom. The Morgan fingerprint density at radius 2 is 1.86 bits per heavy atom. The average Bonchev–Trinajstić information content (AvgIpc) is 3.18. The number of likely N-dealkylation sites (tertiary alicyclic amines) is 1. The van der Waals surface area contributed by atoms with E-state index in [1.807, 2.05) is 0 Å². The standard InChI is InChI=1S/C21H20FN3O3/c22-15-9-7-14(8-10-15)17-6-3-12-24(17)19(26)11-13-25-18-5-2-1-4-16(18)20(27)23-21(25)28/h1-2,4-5,7-10,17H,3,6,11-13H2,(H,23,27,28). The second-order valence-corrected chi connectivity index (χ2v) is 6.97. The monoisotopic (exact) mass is 381 g/mol. The number of fused-ring (bicyclic) bond motifs is 1. The first-order chi connectivity index (χ1) is 13.5. The van der Waals surface area contributed by atoms with E-state index < -0.39 is 11.2 Å². The molecule has 1 N–H and O–H groups in total. The third-order valence-corrected chi connectivity index (χ3v) is 5.28. The maximum atomic E-state index is 13.2. The molecular formula is C21H20FN3O3. The minimum atomic E-state index is -0.520.